The number of rotatable bonds is 7. The van der Waals surface area contributed by atoms with Crippen molar-refractivity contribution in [3.8, 4) is 0 Å². The first kappa shape index (κ1) is 21.5. The first-order chi connectivity index (χ1) is 15.2. The summed E-state index contributed by atoms with van der Waals surface area (Å²) >= 11 is 0. The van der Waals surface area contributed by atoms with Crippen LogP contribution in [0, 0.1) is 0 Å². The summed E-state index contributed by atoms with van der Waals surface area (Å²) in [6.07, 6.45) is 1.84. The predicted octanol–water partition coefficient (Wildman–Crippen LogP) is 2.30. The first-order valence-corrected chi connectivity index (χ1v) is 11.2. The van der Waals surface area contributed by atoms with Crippen molar-refractivity contribution in [2.75, 3.05) is 32.8 Å². The summed E-state index contributed by atoms with van der Waals surface area (Å²) in [6.45, 7) is 3.38. The van der Waals surface area contributed by atoms with Crippen LogP contribution in [0.5, 0.6) is 0 Å². The van der Waals surface area contributed by atoms with Crippen LogP contribution in [0.3, 0.4) is 0 Å². The smallest absolute Gasteiger partial charge is 0.237 e. The number of carbonyl (C=O) groups excluding carboxylic acids is 2. The van der Waals surface area contributed by atoms with E-state index in [9.17, 15) is 9.59 Å². The molecule has 2 heterocycles. The van der Waals surface area contributed by atoms with E-state index in [1.807, 2.05) is 36.4 Å². The molecule has 0 radical (unpaired) electrons. The maximum absolute atomic E-state index is 12.7. The third-order valence-electron chi connectivity index (χ3n) is 6.23. The van der Waals surface area contributed by atoms with Gasteiger partial charge in [0.25, 0.3) is 0 Å². The van der Waals surface area contributed by atoms with Gasteiger partial charge in [-0.1, -0.05) is 60.7 Å². The minimum atomic E-state index is -0.455. The van der Waals surface area contributed by atoms with Crippen molar-refractivity contribution in [3.63, 3.8) is 0 Å². The van der Waals surface area contributed by atoms with E-state index in [-0.39, 0.29) is 30.2 Å². The zero-order valence-corrected chi connectivity index (χ0v) is 17.8. The summed E-state index contributed by atoms with van der Waals surface area (Å²) < 4.78 is 5.37. The van der Waals surface area contributed by atoms with Gasteiger partial charge >= 0.3 is 0 Å². The molecule has 1 atom stereocenters. The molecule has 31 heavy (non-hydrogen) atoms. The molecular formula is C25H31N3O3. The van der Waals surface area contributed by atoms with Crippen molar-refractivity contribution < 1.29 is 14.3 Å². The molecule has 2 aromatic rings. The Hall–Kier alpha value is -2.70. The highest BCUT2D eigenvalue weighted by molar-refractivity contribution is 5.89. The van der Waals surface area contributed by atoms with E-state index in [4.69, 9.17) is 4.74 Å². The van der Waals surface area contributed by atoms with Gasteiger partial charge in [-0.05, 0) is 24.0 Å². The zero-order chi connectivity index (χ0) is 21.5. The number of carbonyl (C=O) groups is 2. The molecule has 4 rings (SSSR count). The summed E-state index contributed by atoms with van der Waals surface area (Å²) in [4.78, 5) is 27.6. The molecule has 0 saturated carbocycles. The van der Waals surface area contributed by atoms with Crippen molar-refractivity contribution >= 4 is 11.8 Å². The van der Waals surface area contributed by atoms with Crippen molar-refractivity contribution in [3.05, 3.63) is 71.8 Å². The van der Waals surface area contributed by atoms with Crippen LogP contribution in [-0.2, 0) is 14.3 Å². The fourth-order valence-corrected chi connectivity index (χ4v) is 4.52. The second kappa shape index (κ2) is 10.6. The minimum Gasteiger partial charge on any atom is -0.381 e. The van der Waals surface area contributed by atoms with Gasteiger partial charge in [0.1, 0.15) is 0 Å². The molecule has 2 fully saturated rings. The molecule has 2 saturated heterocycles. The molecule has 2 amide bonds. The van der Waals surface area contributed by atoms with E-state index in [0.717, 1.165) is 19.4 Å². The summed E-state index contributed by atoms with van der Waals surface area (Å²) in [5, 5.41) is 6.04. The van der Waals surface area contributed by atoms with Gasteiger partial charge in [-0.15, -0.1) is 0 Å². The van der Waals surface area contributed by atoms with Crippen LogP contribution in [0.2, 0.25) is 0 Å². The quantitative estimate of drug-likeness (QED) is 0.720. The summed E-state index contributed by atoms with van der Waals surface area (Å²) in [7, 11) is 0. The highest BCUT2D eigenvalue weighted by Gasteiger charge is 2.34. The van der Waals surface area contributed by atoms with Crippen LogP contribution in [0.25, 0.3) is 0 Å². The maximum Gasteiger partial charge on any atom is 0.237 e. The SMILES string of the molecule is O=C(CC1C(=O)NCCN1CC(c1ccccc1)c1ccccc1)NC1CCOCC1. The van der Waals surface area contributed by atoms with Gasteiger partial charge in [-0.25, -0.2) is 0 Å². The van der Waals surface area contributed by atoms with Crippen LogP contribution < -0.4 is 10.6 Å². The summed E-state index contributed by atoms with van der Waals surface area (Å²) in [6, 6.07) is 20.4. The van der Waals surface area contributed by atoms with Crippen molar-refractivity contribution in [1.29, 1.82) is 0 Å². The molecule has 2 N–H and O–H groups in total. The third-order valence-corrected chi connectivity index (χ3v) is 6.23. The van der Waals surface area contributed by atoms with Crippen molar-refractivity contribution in [1.82, 2.24) is 15.5 Å². The molecule has 0 aliphatic carbocycles. The molecule has 0 spiro atoms. The Bertz CT molecular complexity index is 813. The standard InChI is InChI=1S/C25H31N3O3/c29-24(27-21-11-15-31-16-12-21)17-23-25(30)26-13-14-28(23)18-22(19-7-3-1-4-8-19)20-9-5-2-6-10-20/h1-10,21-23H,11-18H2,(H,26,30)(H,27,29). The van der Waals surface area contributed by atoms with Gasteiger partial charge in [0.05, 0.1) is 12.5 Å². The Morgan fingerprint density at radius 1 is 1.03 bits per heavy atom. The average molecular weight is 422 g/mol. The van der Waals surface area contributed by atoms with Crippen LogP contribution in [0.15, 0.2) is 60.7 Å². The lowest BCUT2D eigenvalue weighted by Gasteiger charge is -2.37. The third kappa shape index (κ3) is 5.71. The molecular weight excluding hydrogens is 390 g/mol. The normalized spacial score (nSPS) is 20.4. The van der Waals surface area contributed by atoms with E-state index in [1.165, 1.54) is 11.1 Å². The Labute approximate surface area is 184 Å². The Balaban J connectivity index is 1.49. The second-order valence-electron chi connectivity index (χ2n) is 8.33. The second-order valence-corrected chi connectivity index (χ2v) is 8.33. The van der Waals surface area contributed by atoms with Gasteiger partial charge in [0.15, 0.2) is 0 Å². The first-order valence-electron chi connectivity index (χ1n) is 11.2. The number of nitrogens with zero attached hydrogens (tertiary/aromatic N) is 1. The van der Waals surface area contributed by atoms with Crippen molar-refractivity contribution in [2.45, 2.75) is 37.3 Å². The molecule has 2 aliphatic heterocycles. The molecule has 6 heteroatoms. The average Bonchev–Trinajstić information content (AvgIpc) is 2.81. The van der Waals surface area contributed by atoms with E-state index in [2.05, 4.69) is 39.8 Å². The maximum atomic E-state index is 12.7. The van der Waals surface area contributed by atoms with Gasteiger partial charge in [0, 0.05) is 44.8 Å². The van der Waals surface area contributed by atoms with Crippen LogP contribution in [0.4, 0.5) is 0 Å². The highest BCUT2D eigenvalue weighted by Crippen LogP contribution is 2.27. The fraction of sp³-hybridized carbons (Fsp3) is 0.440. The Kier molecular flexibility index (Phi) is 7.33. The van der Waals surface area contributed by atoms with E-state index < -0.39 is 6.04 Å². The van der Waals surface area contributed by atoms with Crippen LogP contribution in [0.1, 0.15) is 36.3 Å². The van der Waals surface area contributed by atoms with E-state index in [1.54, 1.807) is 0 Å². The van der Waals surface area contributed by atoms with Crippen molar-refractivity contribution in [2.24, 2.45) is 0 Å². The van der Waals surface area contributed by atoms with E-state index in [0.29, 0.717) is 26.3 Å². The number of piperazine rings is 1. The molecule has 164 valence electrons. The lowest BCUT2D eigenvalue weighted by atomic mass is 9.90. The largest absolute Gasteiger partial charge is 0.381 e. The fourth-order valence-electron chi connectivity index (χ4n) is 4.52. The summed E-state index contributed by atoms with van der Waals surface area (Å²) in [5.74, 6) is 0.0116. The Morgan fingerprint density at radius 3 is 2.26 bits per heavy atom. The molecule has 6 nitrogen and oxygen atoms in total. The monoisotopic (exact) mass is 421 g/mol. The number of hydrogen-bond acceptors (Lipinski definition) is 4. The minimum absolute atomic E-state index is 0.0603. The number of nitrogens with one attached hydrogen (secondary N) is 2. The van der Waals surface area contributed by atoms with Crippen LogP contribution >= 0.6 is 0 Å². The highest BCUT2D eigenvalue weighted by atomic mass is 16.5. The zero-order valence-electron chi connectivity index (χ0n) is 17.8. The van der Waals surface area contributed by atoms with E-state index >= 15 is 0 Å². The van der Waals surface area contributed by atoms with Gasteiger partial charge in [-0.2, -0.15) is 0 Å². The number of hydrogen-bond donors (Lipinski definition) is 2. The molecule has 2 aliphatic rings. The van der Waals surface area contributed by atoms with Crippen LogP contribution in [-0.4, -0.2) is 61.6 Å². The van der Waals surface area contributed by atoms with Gasteiger partial charge in [0.2, 0.25) is 11.8 Å². The van der Waals surface area contributed by atoms with Gasteiger partial charge in [-0.3, -0.25) is 14.5 Å². The lowest BCUT2D eigenvalue weighted by molar-refractivity contribution is -0.134. The number of amides is 2. The molecule has 0 aromatic heterocycles. The lowest BCUT2D eigenvalue weighted by Crippen LogP contribution is -2.57. The Morgan fingerprint density at radius 2 is 1.65 bits per heavy atom. The molecule has 1 unspecified atom stereocenters. The topological polar surface area (TPSA) is 70.7 Å². The number of ether oxygens (including phenoxy) is 1. The predicted molar refractivity (Wildman–Crippen MR) is 120 cm³/mol. The molecule has 2 aromatic carbocycles. The number of benzene rings is 2. The van der Waals surface area contributed by atoms with Gasteiger partial charge < -0.3 is 15.4 Å². The molecule has 0 bridgehead atoms. The summed E-state index contributed by atoms with van der Waals surface area (Å²) in [5.41, 5.74) is 2.43.